The average molecular weight is 415 g/mol. The van der Waals surface area contributed by atoms with Gasteiger partial charge in [0.1, 0.15) is 6.04 Å². The maximum atomic E-state index is 12.9. The predicted octanol–water partition coefficient (Wildman–Crippen LogP) is 3.03. The molecule has 0 aromatic heterocycles. The highest BCUT2D eigenvalue weighted by Crippen LogP contribution is 2.28. The van der Waals surface area contributed by atoms with Crippen LogP contribution in [-0.2, 0) is 14.3 Å². The summed E-state index contributed by atoms with van der Waals surface area (Å²) >= 11 is 0. The van der Waals surface area contributed by atoms with Crippen molar-refractivity contribution in [3.8, 4) is 0 Å². The van der Waals surface area contributed by atoms with Gasteiger partial charge in [-0.2, -0.15) is 0 Å². The van der Waals surface area contributed by atoms with Crippen LogP contribution in [0, 0.1) is 5.92 Å². The molecular weight excluding hydrogens is 384 g/mol. The summed E-state index contributed by atoms with van der Waals surface area (Å²) in [6.45, 7) is 7.41. The molecule has 7 heteroatoms. The lowest BCUT2D eigenvalue weighted by Gasteiger charge is -2.39. The fourth-order valence-electron chi connectivity index (χ4n) is 4.46. The average Bonchev–Trinajstić information content (AvgIpc) is 2.95. The minimum atomic E-state index is -1.05. The van der Waals surface area contributed by atoms with Crippen LogP contribution in [0.2, 0.25) is 0 Å². The Morgan fingerprint density at radius 2 is 1.57 bits per heavy atom. The van der Waals surface area contributed by atoms with Gasteiger partial charge < -0.3 is 9.64 Å². The number of carbonyl (C=O) groups excluding carboxylic acids is 4. The van der Waals surface area contributed by atoms with Gasteiger partial charge in [-0.1, -0.05) is 26.0 Å². The van der Waals surface area contributed by atoms with E-state index in [-0.39, 0.29) is 48.1 Å². The molecule has 1 fully saturated rings. The number of benzene rings is 1. The predicted molar refractivity (Wildman–Crippen MR) is 111 cm³/mol. The minimum absolute atomic E-state index is 0.0460. The van der Waals surface area contributed by atoms with Crippen molar-refractivity contribution >= 4 is 23.7 Å². The molecule has 162 valence electrons. The Morgan fingerprint density at radius 1 is 1.03 bits per heavy atom. The van der Waals surface area contributed by atoms with E-state index in [1.54, 1.807) is 29.2 Å². The van der Waals surface area contributed by atoms with Gasteiger partial charge >= 0.3 is 5.97 Å². The second-order valence-electron chi connectivity index (χ2n) is 8.71. The monoisotopic (exact) mass is 414 g/mol. The normalized spacial score (nSPS) is 22.3. The molecular formula is C23H30N2O5. The van der Waals surface area contributed by atoms with Crippen LogP contribution >= 0.6 is 0 Å². The summed E-state index contributed by atoms with van der Waals surface area (Å²) in [5.74, 6) is -1.91. The maximum absolute atomic E-state index is 12.9. The van der Waals surface area contributed by atoms with Gasteiger partial charge in [0.2, 0.25) is 0 Å². The number of fused-ring (bicyclic) bond motifs is 1. The Morgan fingerprint density at radius 3 is 2.07 bits per heavy atom. The number of rotatable bonds is 6. The van der Waals surface area contributed by atoms with Crippen molar-refractivity contribution in [2.75, 3.05) is 6.61 Å². The Kier molecular flexibility index (Phi) is 6.58. The summed E-state index contributed by atoms with van der Waals surface area (Å²) in [5.41, 5.74) is 0.576. The molecule has 3 atom stereocenters. The third-order valence-corrected chi connectivity index (χ3v) is 5.92. The van der Waals surface area contributed by atoms with Crippen molar-refractivity contribution in [1.29, 1.82) is 0 Å². The highest BCUT2D eigenvalue weighted by molar-refractivity contribution is 6.22. The number of ether oxygens (including phenoxy) is 1. The molecule has 1 aromatic carbocycles. The van der Waals surface area contributed by atoms with Crippen LogP contribution in [0.1, 0.15) is 74.1 Å². The number of piperidine rings is 1. The molecule has 1 saturated heterocycles. The summed E-state index contributed by atoms with van der Waals surface area (Å²) in [6.07, 6.45) is 3.20. The van der Waals surface area contributed by atoms with Crippen LogP contribution in [0.3, 0.4) is 0 Å². The van der Waals surface area contributed by atoms with E-state index >= 15 is 0 Å². The lowest BCUT2D eigenvalue weighted by molar-refractivity contribution is -0.158. The molecule has 3 rings (SSSR count). The zero-order chi connectivity index (χ0) is 22.0. The smallest absolute Gasteiger partial charge is 0.329 e. The molecule has 2 aliphatic rings. The second kappa shape index (κ2) is 8.98. The number of carbonyl (C=O) groups is 4. The van der Waals surface area contributed by atoms with Crippen molar-refractivity contribution in [3.63, 3.8) is 0 Å². The zero-order valence-electron chi connectivity index (χ0n) is 18.1. The van der Waals surface area contributed by atoms with Crippen molar-refractivity contribution < 1.29 is 23.9 Å². The molecule has 0 radical (unpaired) electrons. The molecule has 7 nitrogen and oxygen atoms in total. The fraction of sp³-hybridized carbons (Fsp3) is 0.565. The number of esters is 1. The van der Waals surface area contributed by atoms with Gasteiger partial charge in [-0.05, 0) is 57.6 Å². The van der Waals surface area contributed by atoms with Gasteiger partial charge in [0.15, 0.2) is 6.61 Å². The topological polar surface area (TPSA) is 84.0 Å². The van der Waals surface area contributed by atoms with Crippen molar-refractivity contribution in [3.05, 3.63) is 35.4 Å². The third kappa shape index (κ3) is 4.25. The van der Waals surface area contributed by atoms with Crippen molar-refractivity contribution in [2.24, 2.45) is 5.92 Å². The first-order valence-electron chi connectivity index (χ1n) is 10.7. The first-order valence-corrected chi connectivity index (χ1v) is 10.7. The fourth-order valence-corrected chi connectivity index (χ4v) is 4.46. The highest BCUT2D eigenvalue weighted by atomic mass is 16.5. The summed E-state index contributed by atoms with van der Waals surface area (Å²) in [4.78, 5) is 54.0. The summed E-state index contributed by atoms with van der Waals surface area (Å²) in [5, 5.41) is 0. The third-order valence-electron chi connectivity index (χ3n) is 5.92. The van der Waals surface area contributed by atoms with Gasteiger partial charge in [0.25, 0.3) is 17.7 Å². The SMILES string of the molecule is CC(C)C[C@H](C(=O)OCC(=O)N1[C@@H](C)CCC[C@@H]1C)N1C(=O)c2ccccc2C1=O. The molecule has 0 unspecified atom stereocenters. The quantitative estimate of drug-likeness (QED) is 0.528. The van der Waals surface area contributed by atoms with E-state index in [0.717, 1.165) is 24.2 Å². The van der Waals surface area contributed by atoms with Crippen LogP contribution in [0.4, 0.5) is 0 Å². The van der Waals surface area contributed by atoms with E-state index in [4.69, 9.17) is 4.74 Å². The molecule has 0 N–H and O–H groups in total. The molecule has 1 aromatic rings. The van der Waals surface area contributed by atoms with Crippen LogP contribution in [0.5, 0.6) is 0 Å². The first-order chi connectivity index (χ1) is 14.2. The van der Waals surface area contributed by atoms with E-state index in [1.807, 2.05) is 27.7 Å². The maximum Gasteiger partial charge on any atom is 0.329 e. The van der Waals surface area contributed by atoms with Gasteiger partial charge in [-0.3, -0.25) is 19.3 Å². The van der Waals surface area contributed by atoms with Gasteiger partial charge in [0.05, 0.1) is 11.1 Å². The molecule has 0 spiro atoms. The molecule has 2 heterocycles. The number of hydrogen-bond donors (Lipinski definition) is 0. The van der Waals surface area contributed by atoms with E-state index < -0.39 is 23.8 Å². The highest BCUT2D eigenvalue weighted by Gasteiger charge is 2.43. The van der Waals surface area contributed by atoms with Gasteiger partial charge in [-0.25, -0.2) is 4.79 Å². The number of amides is 3. The number of imide groups is 1. The Balaban J connectivity index is 1.73. The Hall–Kier alpha value is -2.70. The number of nitrogens with zero attached hydrogens (tertiary/aromatic N) is 2. The van der Waals surface area contributed by atoms with Crippen molar-refractivity contribution in [1.82, 2.24) is 9.80 Å². The van der Waals surface area contributed by atoms with Crippen LogP contribution in [-0.4, -0.2) is 58.2 Å². The van der Waals surface area contributed by atoms with E-state index in [2.05, 4.69) is 0 Å². The van der Waals surface area contributed by atoms with E-state index in [1.165, 1.54) is 0 Å². The molecule has 0 aliphatic carbocycles. The second-order valence-corrected chi connectivity index (χ2v) is 8.71. The van der Waals surface area contributed by atoms with Crippen LogP contribution < -0.4 is 0 Å². The largest absolute Gasteiger partial charge is 0.454 e. The number of hydrogen-bond acceptors (Lipinski definition) is 5. The van der Waals surface area contributed by atoms with Crippen LogP contribution in [0.15, 0.2) is 24.3 Å². The minimum Gasteiger partial charge on any atom is -0.454 e. The van der Waals surface area contributed by atoms with Crippen molar-refractivity contribution in [2.45, 2.75) is 71.5 Å². The summed E-state index contributed by atoms with van der Waals surface area (Å²) < 4.78 is 5.35. The lowest BCUT2D eigenvalue weighted by Crippen LogP contribution is -2.50. The Bertz CT molecular complexity index is 805. The van der Waals surface area contributed by atoms with Gasteiger partial charge in [0, 0.05) is 12.1 Å². The first kappa shape index (κ1) is 22.0. The zero-order valence-corrected chi connectivity index (χ0v) is 18.1. The standard InChI is InChI=1S/C23H30N2O5/c1-14(2)12-19(25-21(27)17-10-5-6-11-18(17)22(25)28)23(29)30-13-20(26)24-15(3)8-7-9-16(24)4/h5-6,10-11,14-16,19H,7-9,12-13H2,1-4H3/t15-,16-,19+/m0/s1. The van der Waals surface area contributed by atoms with E-state index in [9.17, 15) is 19.2 Å². The number of likely N-dealkylation sites (tertiary alicyclic amines) is 1. The molecule has 0 bridgehead atoms. The molecule has 3 amide bonds. The van der Waals surface area contributed by atoms with Crippen LogP contribution in [0.25, 0.3) is 0 Å². The summed E-state index contributed by atoms with van der Waals surface area (Å²) in [7, 11) is 0. The summed E-state index contributed by atoms with van der Waals surface area (Å²) in [6, 6.07) is 5.67. The van der Waals surface area contributed by atoms with E-state index in [0.29, 0.717) is 0 Å². The van der Waals surface area contributed by atoms with Gasteiger partial charge in [-0.15, -0.1) is 0 Å². The molecule has 30 heavy (non-hydrogen) atoms. The molecule has 2 aliphatic heterocycles. The Labute approximate surface area is 177 Å². The lowest BCUT2D eigenvalue weighted by atomic mass is 9.97. The molecule has 0 saturated carbocycles.